The molecule has 0 saturated carbocycles. The molecule has 5 nitrogen and oxygen atoms in total. The lowest BCUT2D eigenvalue weighted by Gasteiger charge is -2.11. The molecule has 0 saturated heterocycles. The summed E-state index contributed by atoms with van der Waals surface area (Å²) in [5.74, 6) is 0. The van der Waals surface area contributed by atoms with Gasteiger partial charge >= 0.3 is 0 Å². The van der Waals surface area contributed by atoms with Gasteiger partial charge in [0.05, 0.1) is 17.1 Å². The van der Waals surface area contributed by atoms with Gasteiger partial charge < -0.3 is 0 Å². The van der Waals surface area contributed by atoms with Crippen LogP contribution in [0.1, 0.15) is 33.6 Å². The van der Waals surface area contributed by atoms with Crippen LogP contribution in [-0.4, -0.2) is 18.2 Å². The van der Waals surface area contributed by atoms with Crippen LogP contribution in [0.15, 0.2) is 53.4 Å². The maximum absolute atomic E-state index is 12.7. The van der Waals surface area contributed by atoms with Gasteiger partial charge in [-0.3, -0.25) is 4.68 Å². The largest absolute Gasteiger partial charge is 0.265 e. The van der Waals surface area contributed by atoms with Crippen LogP contribution in [-0.2, 0) is 23.1 Å². The highest BCUT2D eigenvalue weighted by Crippen LogP contribution is 2.17. The first-order valence-electron chi connectivity index (χ1n) is 8.90. The molecule has 3 aromatic rings. The fourth-order valence-corrected chi connectivity index (χ4v) is 4.44. The average Bonchev–Trinajstić information content (AvgIpc) is 2.93. The number of nitrogens with zero attached hydrogens (tertiary/aromatic N) is 2. The smallest absolute Gasteiger partial charge is 0.241 e. The lowest BCUT2D eigenvalue weighted by molar-refractivity contribution is 0.580. The van der Waals surface area contributed by atoms with Crippen molar-refractivity contribution >= 4 is 10.0 Å². The molecule has 0 fully saturated rings. The molecule has 0 aliphatic rings. The first-order chi connectivity index (χ1) is 12.7. The lowest BCUT2D eigenvalue weighted by atomic mass is 10.1. The summed E-state index contributed by atoms with van der Waals surface area (Å²) in [6, 6.07) is 15.4. The molecule has 0 amide bonds. The second-order valence-corrected chi connectivity index (χ2v) is 8.73. The summed E-state index contributed by atoms with van der Waals surface area (Å²) in [6.45, 7) is 8.62. The van der Waals surface area contributed by atoms with E-state index in [1.54, 1.807) is 6.07 Å². The molecule has 0 bridgehead atoms. The molecule has 1 aromatic heterocycles. The van der Waals surface area contributed by atoms with Crippen LogP contribution in [0.25, 0.3) is 0 Å². The van der Waals surface area contributed by atoms with Gasteiger partial charge in [-0.05, 0) is 62.1 Å². The number of aryl methyl sites for hydroxylation is 4. The molecule has 142 valence electrons. The van der Waals surface area contributed by atoms with Crippen molar-refractivity contribution < 1.29 is 8.42 Å². The van der Waals surface area contributed by atoms with Crippen LogP contribution < -0.4 is 4.72 Å². The van der Waals surface area contributed by atoms with Crippen molar-refractivity contribution in [1.29, 1.82) is 0 Å². The third-order valence-electron chi connectivity index (χ3n) is 4.53. The highest BCUT2D eigenvalue weighted by Gasteiger charge is 2.16. The van der Waals surface area contributed by atoms with E-state index < -0.39 is 10.0 Å². The number of nitrogens with one attached hydrogen (secondary N) is 1. The van der Waals surface area contributed by atoms with Gasteiger partial charge in [0.2, 0.25) is 10.0 Å². The van der Waals surface area contributed by atoms with Crippen LogP contribution in [0, 0.1) is 27.7 Å². The Kier molecular flexibility index (Phi) is 5.48. The first-order valence-corrected chi connectivity index (χ1v) is 10.4. The molecule has 0 aliphatic carbocycles. The maximum Gasteiger partial charge on any atom is 0.241 e. The topological polar surface area (TPSA) is 64.0 Å². The zero-order chi connectivity index (χ0) is 19.6. The predicted octanol–water partition coefficient (Wildman–Crippen LogP) is 3.64. The van der Waals surface area contributed by atoms with Crippen molar-refractivity contribution in [1.82, 2.24) is 14.5 Å². The zero-order valence-electron chi connectivity index (χ0n) is 16.2. The minimum atomic E-state index is -3.55. The number of sulfonamides is 1. The molecule has 0 unspecified atom stereocenters. The van der Waals surface area contributed by atoms with E-state index in [1.807, 2.05) is 74.8 Å². The monoisotopic (exact) mass is 383 g/mol. The molecule has 1 heterocycles. The van der Waals surface area contributed by atoms with Crippen molar-refractivity contribution in [2.75, 3.05) is 0 Å². The Morgan fingerprint density at radius 2 is 1.70 bits per heavy atom. The fourth-order valence-electron chi connectivity index (χ4n) is 3.10. The molecule has 6 heteroatoms. The Bertz CT molecular complexity index is 1070. The molecule has 0 spiro atoms. The highest BCUT2D eigenvalue weighted by atomic mass is 32.2. The summed E-state index contributed by atoms with van der Waals surface area (Å²) >= 11 is 0. The minimum Gasteiger partial charge on any atom is -0.265 e. The van der Waals surface area contributed by atoms with Gasteiger partial charge in [-0.15, -0.1) is 0 Å². The summed E-state index contributed by atoms with van der Waals surface area (Å²) in [4.78, 5) is 0.335. The summed E-state index contributed by atoms with van der Waals surface area (Å²) < 4.78 is 30.0. The molecule has 1 N–H and O–H groups in total. The summed E-state index contributed by atoms with van der Waals surface area (Å²) in [5.41, 5.74) is 5.77. The number of benzene rings is 2. The van der Waals surface area contributed by atoms with E-state index in [9.17, 15) is 8.42 Å². The molecule has 2 aromatic carbocycles. The average molecular weight is 384 g/mol. The van der Waals surface area contributed by atoms with E-state index in [2.05, 4.69) is 9.82 Å². The Balaban J connectivity index is 1.74. The third-order valence-corrected chi connectivity index (χ3v) is 6.07. The molecule has 0 aliphatic heterocycles. The molecule has 3 rings (SSSR count). The van der Waals surface area contributed by atoms with Crippen LogP contribution in [0.4, 0.5) is 0 Å². The van der Waals surface area contributed by atoms with Crippen molar-refractivity contribution in [3.8, 4) is 0 Å². The normalized spacial score (nSPS) is 11.7. The van der Waals surface area contributed by atoms with Crippen molar-refractivity contribution in [3.63, 3.8) is 0 Å². The predicted molar refractivity (Wildman–Crippen MR) is 107 cm³/mol. The Hall–Kier alpha value is -2.44. The summed E-state index contributed by atoms with van der Waals surface area (Å²) in [7, 11) is -3.55. The van der Waals surface area contributed by atoms with Crippen molar-refractivity contribution in [3.05, 3.63) is 82.2 Å². The van der Waals surface area contributed by atoms with Gasteiger partial charge in [0.25, 0.3) is 0 Å². The first kappa shape index (κ1) is 19.3. The van der Waals surface area contributed by atoms with Crippen LogP contribution in [0.2, 0.25) is 0 Å². The molecular formula is C21H25N3O2S. The minimum absolute atomic E-state index is 0.251. The van der Waals surface area contributed by atoms with Crippen LogP contribution in [0.3, 0.4) is 0 Å². The van der Waals surface area contributed by atoms with Gasteiger partial charge in [-0.2, -0.15) is 5.10 Å². The number of hydrogen-bond acceptors (Lipinski definition) is 3. The van der Waals surface area contributed by atoms with E-state index in [-0.39, 0.29) is 6.54 Å². The Labute approximate surface area is 161 Å². The second-order valence-electron chi connectivity index (χ2n) is 7.00. The quantitative estimate of drug-likeness (QED) is 0.707. The zero-order valence-corrected chi connectivity index (χ0v) is 17.0. The van der Waals surface area contributed by atoms with E-state index in [1.165, 1.54) is 0 Å². The third kappa shape index (κ3) is 4.64. The molecular weight excluding hydrogens is 358 g/mol. The summed E-state index contributed by atoms with van der Waals surface area (Å²) in [5, 5.41) is 4.48. The van der Waals surface area contributed by atoms with Crippen molar-refractivity contribution in [2.24, 2.45) is 0 Å². The van der Waals surface area contributed by atoms with E-state index in [0.717, 1.165) is 33.6 Å². The fraction of sp³-hybridized carbons (Fsp3) is 0.286. The maximum atomic E-state index is 12.7. The Morgan fingerprint density at radius 3 is 2.41 bits per heavy atom. The molecule has 0 atom stereocenters. The van der Waals surface area contributed by atoms with E-state index in [0.29, 0.717) is 11.4 Å². The van der Waals surface area contributed by atoms with Gasteiger partial charge in [0.15, 0.2) is 0 Å². The SMILES string of the molecule is Cc1ccc(C)c(S(=O)(=O)NCc2cccc(Cn3nc(C)cc3C)c2)c1. The number of rotatable bonds is 6. The van der Waals surface area contributed by atoms with E-state index in [4.69, 9.17) is 0 Å². The number of aromatic nitrogens is 2. The number of hydrogen-bond donors (Lipinski definition) is 1. The lowest BCUT2D eigenvalue weighted by Crippen LogP contribution is -2.24. The molecule has 27 heavy (non-hydrogen) atoms. The van der Waals surface area contributed by atoms with Gasteiger partial charge in [0.1, 0.15) is 0 Å². The van der Waals surface area contributed by atoms with Gasteiger partial charge in [0, 0.05) is 12.2 Å². The summed E-state index contributed by atoms with van der Waals surface area (Å²) in [6.07, 6.45) is 0. The van der Waals surface area contributed by atoms with Gasteiger partial charge in [-0.25, -0.2) is 13.1 Å². The van der Waals surface area contributed by atoms with Gasteiger partial charge in [-0.1, -0.05) is 36.4 Å². The van der Waals surface area contributed by atoms with Crippen molar-refractivity contribution in [2.45, 2.75) is 45.7 Å². The van der Waals surface area contributed by atoms with Crippen LogP contribution in [0.5, 0.6) is 0 Å². The Morgan fingerprint density at radius 1 is 0.963 bits per heavy atom. The highest BCUT2D eigenvalue weighted by molar-refractivity contribution is 7.89. The standard InChI is InChI=1S/C21H25N3O2S/c1-15-8-9-16(2)21(10-15)27(25,26)22-13-19-6-5-7-20(12-19)14-24-18(4)11-17(3)23-24/h5-12,22H,13-14H2,1-4H3. The molecule has 0 radical (unpaired) electrons. The van der Waals surface area contributed by atoms with Crippen LogP contribution >= 0.6 is 0 Å². The van der Waals surface area contributed by atoms with E-state index >= 15 is 0 Å². The second kappa shape index (κ2) is 7.66.